The number of aromatic nitrogens is 2. The normalized spacial score (nSPS) is 14.3. The van der Waals surface area contributed by atoms with Crippen molar-refractivity contribution in [3.8, 4) is 22.4 Å². The van der Waals surface area contributed by atoms with Crippen molar-refractivity contribution in [2.24, 2.45) is 0 Å². The smallest absolute Gasteiger partial charge is 0.257 e. The maximum Gasteiger partial charge on any atom is 0.257 e. The Morgan fingerprint density at radius 3 is 2.74 bits per heavy atom. The molecule has 7 heteroatoms. The van der Waals surface area contributed by atoms with Crippen molar-refractivity contribution in [3.05, 3.63) is 82.3 Å². The number of pyridine rings is 1. The first-order valence-corrected chi connectivity index (χ1v) is 12.1. The average molecular weight is 471 g/mol. The SMILES string of the molecule is Cc1cccc(-c2c(-c3ccc[nH]c3=O)[nH]c3ccc(C(=O)NCCCN4CCOCC4)cc23)c1. The molecule has 5 rings (SSSR count). The third kappa shape index (κ3) is 5.06. The topological polar surface area (TPSA) is 90.2 Å². The highest BCUT2D eigenvalue weighted by molar-refractivity contribution is 6.07. The van der Waals surface area contributed by atoms with E-state index in [1.165, 1.54) is 0 Å². The molecule has 0 bridgehead atoms. The Hall–Kier alpha value is -3.68. The number of aryl methyl sites for hydroxylation is 1. The molecule has 3 N–H and O–H groups in total. The van der Waals surface area contributed by atoms with E-state index in [-0.39, 0.29) is 11.5 Å². The Balaban J connectivity index is 1.44. The largest absolute Gasteiger partial charge is 0.379 e. The van der Waals surface area contributed by atoms with Crippen molar-refractivity contribution in [1.82, 2.24) is 20.2 Å². The number of fused-ring (bicyclic) bond motifs is 1. The third-order valence-corrected chi connectivity index (χ3v) is 6.50. The summed E-state index contributed by atoms with van der Waals surface area (Å²) in [6.45, 7) is 7.08. The van der Waals surface area contributed by atoms with Gasteiger partial charge in [-0.25, -0.2) is 0 Å². The van der Waals surface area contributed by atoms with E-state index in [2.05, 4.69) is 26.3 Å². The van der Waals surface area contributed by atoms with E-state index in [1.54, 1.807) is 6.20 Å². The standard InChI is InChI=1S/C28H30N4O3/c1-19-5-2-6-20(17-19)25-23-18-21(27(33)29-11-4-12-32-13-15-35-16-14-32)8-9-24(23)31-26(25)22-7-3-10-30-28(22)34/h2-3,5-10,17-18,31H,4,11-16H2,1H3,(H,29,33)(H,30,34). The van der Waals surface area contributed by atoms with Gasteiger partial charge in [-0.05, 0) is 55.8 Å². The van der Waals surface area contributed by atoms with Crippen LogP contribution in [0.5, 0.6) is 0 Å². The highest BCUT2D eigenvalue weighted by atomic mass is 16.5. The van der Waals surface area contributed by atoms with Gasteiger partial charge in [-0.15, -0.1) is 0 Å². The van der Waals surface area contributed by atoms with Gasteiger partial charge < -0.3 is 20.0 Å². The molecule has 1 aliphatic heterocycles. The van der Waals surface area contributed by atoms with Crippen LogP contribution in [0.3, 0.4) is 0 Å². The molecule has 2 aromatic carbocycles. The minimum absolute atomic E-state index is 0.0932. The minimum atomic E-state index is -0.161. The van der Waals surface area contributed by atoms with Crippen LogP contribution in [-0.2, 0) is 4.74 Å². The van der Waals surface area contributed by atoms with E-state index < -0.39 is 0 Å². The number of hydrogen-bond acceptors (Lipinski definition) is 4. The van der Waals surface area contributed by atoms with Crippen molar-refractivity contribution in [1.29, 1.82) is 0 Å². The molecule has 35 heavy (non-hydrogen) atoms. The van der Waals surface area contributed by atoms with Gasteiger partial charge in [0.2, 0.25) is 0 Å². The fraction of sp³-hybridized carbons (Fsp3) is 0.286. The lowest BCUT2D eigenvalue weighted by Crippen LogP contribution is -2.38. The van der Waals surface area contributed by atoms with Crippen LogP contribution < -0.4 is 10.9 Å². The molecule has 0 saturated carbocycles. The second kappa shape index (κ2) is 10.3. The number of amides is 1. The van der Waals surface area contributed by atoms with Gasteiger partial charge in [0, 0.05) is 47.9 Å². The molecule has 0 spiro atoms. The van der Waals surface area contributed by atoms with Gasteiger partial charge in [0.25, 0.3) is 11.5 Å². The summed E-state index contributed by atoms with van der Waals surface area (Å²) in [4.78, 5) is 34.2. The molecule has 0 aliphatic carbocycles. The van der Waals surface area contributed by atoms with Crippen LogP contribution in [0.4, 0.5) is 0 Å². The number of carbonyl (C=O) groups excluding carboxylic acids is 1. The average Bonchev–Trinajstić information content (AvgIpc) is 3.26. The predicted molar refractivity (Wildman–Crippen MR) is 139 cm³/mol. The van der Waals surface area contributed by atoms with E-state index in [0.29, 0.717) is 17.7 Å². The Kier molecular flexibility index (Phi) is 6.79. The molecule has 2 aromatic heterocycles. The molecule has 0 radical (unpaired) electrons. The van der Waals surface area contributed by atoms with Crippen molar-refractivity contribution >= 4 is 16.8 Å². The van der Waals surface area contributed by atoms with E-state index in [0.717, 1.165) is 72.6 Å². The van der Waals surface area contributed by atoms with Crippen LogP contribution >= 0.6 is 0 Å². The Morgan fingerprint density at radius 1 is 1.09 bits per heavy atom. The second-order valence-electron chi connectivity index (χ2n) is 8.98. The number of aromatic amines is 2. The zero-order chi connectivity index (χ0) is 24.2. The fourth-order valence-electron chi connectivity index (χ4n) is 4.69. The van der Waals surface area contributed by atoms with Crippen molar-refractivity contribution in [2.45, 2.75) is 13.3 Å². The number of hydrogen-bond donors (Lipinski definition) is 3. The van der Waals surface area contributed by atoms with Crippen LogP contribution in [0.25, 0.3) is 33.3 Å². The van der Waals surface area contributed by atoms with E-state index in [1.807, 2.05) is 55.5 Å². The number of rotatable bonds is 7. The van der Waals surface area contributed by atoms with Gasteiger partial charge in [-0.1, -0.05) is 29.8 Å². The number of benzene rings is 2. The van der Waals surface area contributed by atoms with E-state index in [9.17, 15) is 9.59 Å². The number of nitrogens with zero attached hydrogens (tertiary/aromatic N) is 1. The Bertz CT molecular complexity index is 1400. The summed E-state index contributed by atoms with van der Waals surface area (Å²) in [7, 11) is 0. The van der Waals surface area contributed by atoms with Crippen molar-refractivity contribution < 1.29 is 9.53 Å². The van der Waals surface area contributed by atoms with Gasteiger partial charge in [-0.3, -0.25) is 14.5 Å². The van der Waals surface area contributed by atoms with Crippen LogP contribution in [0.1, 0.15) is 22.3 Å². The van der Waals surface area contributed by atoms with Crippen molar-refractivity contribution in [2.75, 3.05) is 39.4 Å². The number of H-pyrrole nitrogens is 2. The highest BCUT2D eigenvalue weighted by Crippen LogP contribution is 2.38. The minimum Gasteiger partial charge on any atom is -0.379 e. The van der Waals surface area contributed by atoms with Gasteiger partial charge in [0.05, 0.1) is 24.5 Å². The van der Waals surface area contributed by atoms with Crippen LogP contribution in [-0.4, -0.2) is 60.2 Å². The Labute approximate surface area is 204 Å². The molecule has 7 nitrogen and oxygen atoms in total. The molecule has 4 aromatic rings. The first-order chi connectivity index (χ1) is 17.1. The molecule has 0 unspecified atom stereocenters. The summed E-state index contributed by atoms with van der Waals surface area (Å²) in [5.74, 6) is -0.0932. The lowest BCUT2D eigenvalue weighted by molar-refractivity contribution is 0.0374. The predicted octanol–water partition coefficient (Wildman–Crippen LogP) is 3.95. The lowest BCUT2D eigenvalue weighted by atomic mass is 9.97. The molecule has 180 valence electrons. The number of morpholine rings is 1. The summed E-state index contributed by atoms with van der Waals surface area (Å²) < 4.78 is 5.39. The Morgan fingerprint density at radius 2 is 1.94 bits per heavy atom. The zero-order valence-corrected chi connectivity index (χ0v) is 19.9. The molecular formula is C28H30N4O3. The number of nitrogens with one attached hydrogen (secondary N) is 3. The summed E-state index contributed by atoms with van der Waals surface area (Å²) in [5, 5.41) is 3.97. The van der Waals surface area contributed by atoms with Crippen molar-refractivity contribution in [3.63, 3.8) is 0 Å². The number of ether oxygens (including phenoxy) is 1. The summed E-state index contributed by atoms with van der Waals surface area (Å²) in [6.07, 6.45) is 2.52. The first kappa shape index (κ1) is 23.1. The van der Waals surface area contributed by atoms with E-state index >= 15 is 0 Å². The van der Waals surface area contributed by atoms with Gasteiger partial charge >= 0.3 is 0 Å². The van der Waals surface area contributed by atoms with Crippen LogP contribution in [0.2, 0.25) is 0 Å². The maximum atomic E-state index is 13.0. The molecule has 1 amide bonds. The molecule has 1 fully saturated rings. The highest BCUT2D eigenvalue weighted by Gasteiger charge is 2.19. The molecule has 1 saturated heterocycles. The molecule has 1 aliphatic rings. The molecular weight excluding hydrogens is 440 g/mol. The monoisotopic (exact) mass is 470 g/mol. The van der Waals surface area contributed by atoms with Gasteiger partial charge in [0.1, 0.15) is 0 Å². The number of carbonyl (C=O) groups is 1. The first-order valence-electron chi connectivity index (χ1n) is 12.1. The molecule has 0 atom stereocenters. The second-order valence-corrected chi connectivity index (χ2v) is 8.98. The van der Waals surface area contributed by atoms with Crippen LogP contribution in [0.15, 0.2) is 65.6 Å². The third-order valence-electron chi connectivity index (χ3n) is 6.50. The molecule has 3 heterocycles. The van der Waals surface area contributed by atoms with Crippen LogP contribution in [0, 0.1) is 6.92 Å². The van der Waals surface area contributed by atoms with Gasteiger partial charge in [0.15, 0.2) is 0 Å². The summed E-state index contributed by atoms with van der Waals surface area (Å²) in [6, 6.07) is 17.5. The summed E-state index contributed by atoms with van der Waals surface area (Å²) in [5.41, 5.74) is 5.67. The van der Waals surface area contributed by atoms with Gasteiger partial charge in [-0.2, -0.15) is 0 Å². The fourth-order valence-corrected chi connectivity index (χ4v) is 4.69. The maximum absolute atomic E-state index is 13.0. The zero-order valence-electron chi connectivity index (χ0n) is 19.9. The van der Waals surface area contributed by atoms with E-state index in [4.69, 9.17) is 4.74 Å². The quantitative estimate of drug-likeness (QED) is 0.357. The lowest BCUT2D eigenvalue weighted by Gasteiger charge is -2.26. The summed E-state index contributed by atoms with van der Waals surface area (Å²) >= 11 is 0.